The van der Waals surface area contributed by atoms with Gasteiger partial charge in [-0.15, -0.1) is 0 Å². The van der Waals surface area contributed by atoms with Gasteiger partial charge in [0.2, 0.25) is 0 Å². The van der Waals surface area contributed by atoms with Gasteiger partial charge in [-0.1, -0.05) is 0 Å². The first-order chi connectivity index (χ1) is 11.3. The van der Waals surface area contributed by atoms with Crippen molar-refractivity contribution in [3.63, 3.8) is 0 Å². The predicted molar refractivity (Wildman–Crippen MR) is 75.9 cm³/mol. The molecule has 2 rings (SSSR count). The van der Waals surface area contributed by atoms with E-state index in [1.165, 1.54) is 4.90 Å². The van der Waals surface area contributed by atoms with Gasteiger partial charge in [0.1, 0.15) is 0 Å². The molecule has 0 unspecified atom stereocenters. The van der Waals surface area contributed by atoms with Crippen LogP contribution in [0.4, 0.5) is 13.2 Å². The Kier molecular flexibility index (Phi) is 5.79. The van der Waals surface area contributed by atoms with Gasteiger partial charge in [-0.3, -0.25) is 4.79 Å². The van der Waals surface area contributed by atoms with Crippen LogP contribution in [-0.4, -0.2) is 61.4 Å². The van der Waals surface area contributed by atoms with Crippen LogP contribution in [0.1, 0.15) is 26.3 Å². The van der Waals surface area contributed by atoms with Crippen molar-refractivity contribution in [2.24, 2.45) is 0 Å². The fourth-order valence-corrected chi connectivity index (χ4v) is 2.26. The zero-order valence-electron chi connectivity index (χ0n) is 12.6. The summed E-state index contributed by atoms with van der Waals surface area (Å²) in [6.07, 6.45) is -4.84. The molecule has 0 saturated carbocycles. The molecule has 1 aromatic rings. The lowest BCUT2D eigenvalue weighted by Crippen LogP contribution is -2.37. The second-order valence-electron chi connectivity index (χ2n) is 5.08. The molecule has 24 heavy (non-hydrogen) atoms. The number of carboxylic acid groups (broad SMARTS) is 1. The summed E-state index contributed by atoms with van der Waals surface area (Å²) in [5.41, 5.74) is -2.39. The Morgan fingerprint density at radius 1 is 1.04 bits per heavy atom. The number of alkyl halides is 3. The Labute approximate surface area is 135 Å². The Morgan fingerprint density at radius 3 is 2.12 bits per heavy atom. The van der Waals surface area contributed by atoms with Crippen LogP contribution in [0.25, 0.3) is 0 Å². The number of benzene rings is 1. The van der Waals surface area contributed by atoms with Gasteiger partial charge in [-0.25, -0.2) is 4.79 Å². The molecule has 0 spiro atoms. The smallest absolute Gasteiger partial charge is 0.417 e. The van der Waals surface area contributed by atoms with E-state index < -0.39 is 34.7 Å². The summed E-state index contributed by atoms with van der Waals surface area (Å²) in [5, 5.41) is 8.86. The molecule has 0 radical (unpaired) electrons. The summed E-state index contributed by atoms with van der Waals surface area (Å²) >= 11 is 0. The topological polar surface area (TPSA) is 76.1 Å². The Balaban J connectivity index is 2.34. The lowest BCUT2D eigenvalue weighted by molar-refractivity contribution is -0.138. The molecular weight excluding hydrogens is 331 g/mol. The van der Waals surface area contributed by atoms with Crippen LogP contribution in [0, 0.1) is 0 Å². The van der Waals surface area contributed by atoms with Gasteiger partial charge in [0.05, 0.1) is 43.1 Å². The average molecular weight is 347 g/mol. The lowest BCUT2D eigenvalue weighted by atomic mass is 10.0. The highest BCUT2D eigenvalue weighted by Crippen LogP contribution is 2.33. The van der Waals surface area contributed by atoms with Crippen molar-refractivity contribution in [2.45, 2.75) is 6.18 Å². The number of nitrogens with zero attached hydrogens (tertiary/aromatic N) is 1. The number of halogens is 3. The molecule has 1 aliphatic heterocycles. The van der Waals surface area contributed by atoms with E-state index in [4.69, 9.17) is 14.6 Å². The van der Waals surface area contributed by atoms with E-state index in [-0.39, 0.29) is 26.3 Å². The zero-order chi connectivity index (χ0) is 17.7. The zero-order valence-corrected chi connectivity index (χ0v) is 12.6. The van der Waals surface area contributed by atoms with E-state index in [0.29, 0.717) is 19.3 Å². The van der Waals surface area contributed by atoms with Crippen LogP contribution < -0.4 is 0 Å². The second kappa shape index (κ2) is 7.63. The minimum Gasteiger partial charge on any atom is -0.478 e. The normalized spacial score (nSPS) is 16.9. The van der Waals surface area contributed by atoms with E-state index in [9.17, 15) is 22.8 Å². The molecule has 1 heterocycles. The van der Waals surface area contributed by atoms with Gasteiger partial charge in [0, 0.05) is 13.1 Å². The van der Waals surface area contributed by atoms with Gasteiger partial charge in [0.25, 0.3) is 5.91 Å². The summed E-state index contributed by atoms with van der Waals surface area (Å²) in [5.74, 6) is -2.34. The Hall–Kier alpha value is -2.13. The van der Waals surface area contributed by atoms with E-state index in [1.807, 2.05) is 0 Å². The number of carbonyl (C=O) groups excluding carboxylic acids is 1. The summed E-state index contributed by atoms with van der Waals surface area (Å²) < 4.78 is 50.0. The number of hydrogen-bond donors (Lipinski definition) is 1. The molecule has 1 N–H and O–H groups in total. The van der Waals surface area contributed by atoms with Gasteiger partial charge >= 0.3 is 12.1 Å². The van der Waals surface area contributed by atoms with E-state index in [0.717, 1.165) is 12.1 Å². The number of carbonyl (C=O) groups is 2. The third kappa shape index (κ3) is 4.45. The standard InChI is InChI=1S/C15H16F3NO5/c16-15(17,18)12-9-10(14(21)22)1-2-11(12)13(20)19-3-5-23-7-8-24-6-4-19/h1-2,9H,3-8H2,(H,21,22). The number of amides is 1. The van der Waals surface area contributed by atoms with Gasteiger partial charge in [0.15, 0.2) is 0 Å². The van der Waals surface area contributed by atoms with Gasteiger partial charge in [-0.2, -0.15) is 13.2 Å². The van der Waals surface area contributed by atoms with Crippen molar-refractivity contribution < 1.29 is 37.3 Å². The quantitative estimate of drug-likeness (QED) is 0.884. The van der Waals surface area contributed by atoms with Crippen LogP contribution in [0.5, 0.6) is 0 Å². The van der Waals surface area contributed by atoms with Gasteiger partial charge < -0.3 is 19.5 Å². The fourth-order valence-electron chi connectivity index (χ4n) is 2.26. The van der Waals surface area contributed by atoms with Crippen molar-refractivity contribution >= 4 is 11.9 Å². The van der Waals surface area contributed by atoms with E-state index in [2.05, 4.69) is 0 Å². The maximum absolute atomic E-state index is 13.2. The first kappa shape index (κ1) is 18.2. The van der Waals surface area contributed by atoms with Gasteiger partial charge in [-0.05, 0) is 18.2 Å². The summed E-state index contributed by atoms with van der Waals surface area (Å²) in [4.78, 5) is 24.6. The second-order valence-corrected chi connectivity index (χ2v) is 5.08. The highest BCUT2D eigenvalue weighted by molar-refractivity contribution is 5.97. The molecule has 1 aliphatic rings. The number of aromatic carboxylic acids is 1. The molecule has 0 atom stereocenters. The molecule has 1 fully saturated rings. The first-order valence-corrected chi connectivity index (χ1v) is 7.20. The summed E-state index contributed by atoms with van der Waals surface area (Å²) in [6.45, 7) is 1.32. The third-order valence-electron chi connectivity index (χ3n) is 3.47. The maximum Gasteiger partial charge on any atom is 0.417 e. The number of rotatable bonds is 2. The summed E-state index contributed by atoms with van der Waals surface area (Å²) in [7, 11) is 0. The molecule has 0 bridgehead atoms. The van der Waals surface area contributed by atoms with Crippen molar-refractivity contribution in [1.82, 2.24) is 4.90 Å². The molecule has 6 nitrogen and oxygen atoms in total. The molecule has 1 aromatic carbocycles. The lowest BCUT2D eigenvalue weighted by Gasteiger charge is -2.23. The molecule has 0 aromatic heterocycles. The molecule has 0 aliphatic carbocycles. The highest BCUT2D eigenvalue weighted by Gasteiger charge is 2.37. The number of hydrogen-bond acceptors (Lipinski definition) is 4. The SMILES string of the molecule is O=C(O)c1ccc(C(=O)N2CCOCCOCC2)c(C(F)(F)F)c1. The van der Waals surface area contributed by atoms with Crippen molar-refractivity contribution in [3.8, 4) is 0 Å². The predicted octanol–water partition coefficient (Wildman–Crippen LogP) is 1.89. The molecular formula is C15H16F3NO5. The van der Waals surface area contributed by atoms with E-state index in [1.54, 1.807) is 0 Å². The van der Waals surface area contributed by atoms with Crippen molar-refractivity contribution in [2.75, 3.05) is 39.5 Å². The van der Waals surface area contributed by atoms with Crippen LogP contribution >= 0.6 is 0 Å². The average Bonchev–Trinajstić information content (AvgIpc) is 2.66. The molecule has 132 valence electrons. The van der Waals surface area contributed by atoms with Crippen LogP contribution in [0.3, 0.4) is 0 Å². The highest BCUT2D eigenvalue weighted by atomic mass is 19.4. The molecule has 1 saturated heterocycles. The minimum absolute atomic E-state index is 0.125. The number of carboxylic acids is 1. The van der Waals surface area contributed by atoms with Crippen molar-refractivity contribution in [3.05, 3.63) is 34.9 Å². The van der Waals surface area contributed by atoms with Crippen LogP contribution in [0.15, 0.2) is 18.2 Å². The third-order valence-corrected chi connectivity index (χ3v) is 3.47. The molecule has 9 heteroatoms. The van der Waals surface area contributed by atoms with Crippen LogP contribution in [-0.2, 0) is 15.7 Å². The first-order valence-electron chi connectivity index (χ1n) is 7.20. The number of ether oxygens (including phenoxy) is 2. The van der Waals surface area contributed by atoms with E-state index >= 15 is 0 Å². The monoisotopic (exact) mass is 347 g/mol. The molecule has 1 amide bonds. The largest absolute Gasteiger partial charge is 0.478 e. The Bertz CT molecular complexity index is 608. The Morgan fingerprint density at radius 2 is 1.62 bits per heavy atom. The van der Waals surface area contributed by atoms with Crippen molar-refractivity contribution in [1.29, 1.82) is 0 Å². The minimum atomic E-state index is -4.84. The fraction of sp³-hybridized carbons (Fsp3) is 0.467. The maximum atomic E-state index is 13.2. The summed E-state index contributed by atoms with van der Waals surface area (Å²) in [6, 6.07) is 2.34. The van der Waals surface area contributed by atoms with Crippen LogP contribution in [0.2, 0.25) is 0 Å².